The van der Waals surface area contributed by atoms with Gasteiger partial charge in [-0.25, -0.2) is 0 Å². The summed E-state index contributed by atoms with van der Waals surface area (Å²) >= 11 is 11.8. The Bertz CT molecular complexity index is 566. The van der Waals surface area contributed by atoms with Crippen LogP contribution in [0.15, 0.2) is 18.2 Å². The fourth-order valence-electron chi connectivity index (χ4n) is 2.60. The van der Waals surface area contributed by atoms with Gasteiger partial charge < -0.3 is 16.4 Å². The number of hydrogen-bond acceptors (Lipinski definition) is 3. The summed E-state index contributed by atoms with van der Waals surface area (Å²) in [6.07, 6.45) is 3.36. The maximum atomic E-state index is 11.8. The first-order valence-corrected chi connectivity index (χ1v) is 7.98. The van der Waals surface area contributed by atoms with E-state index in [1.54, 1.807) is 18.2 Å². The van der Waals surface area contributed by atoms with Gasteiger partial charge in [0.25, 0.3) is 0 Å². The molecule has 1 aliphatic rings. The molecule has 7 heteroatoms. The molecule has 22 heavy (non-hydrogen) atoms. The number of carbonyl (C=O) groups excluding carboxylic acids is 2. The van der Waals surface area contributed by atoms with Crippen LogP contribution in [-0.2, 0) is 9.59 Å². The first kappa shape index (κ1) is 17.1. The van der Waals surface area contributed by atoms with E-state index in [4.69, 9.17) is 28.9 Å². The van der Waals surface area contributed by atoms with E-state index >= 15 is 0 Å². The molecule has 0 aliphatic heterocycles. The summed E-state index contributed by atoms with van der Waals surface area (Å²) in [6, 6.07) is 4.87. The number of nitrogens with one attached hydrogen (secondary N) is 2. The third kappa shape index (κ3) is 4.87. The number of nitrogens with two attached hydrogens (primary N) is 1. The summed E-state index contributed by atoms with van der Waals surface area (Å²) in [5.74, 6) is -0.298. The van der Waals surface area contributed by atoms with Crippen molar-refractivity contribution in [1.82, 2.24) is 5.32 Å². The van der Waals surface area contributed by atoms with Gasteiger partial charge in [-0.3, -0.25) is 9.59 Å². The van der Waals surface area contributed by atoms with Crippen LogP contribution in [0.4, 0.5) is 5.69 Å². The normalized spacial score (nSPS) is 20.7. The molecule has 1 aromatic carbocycles. The number of amides is 2. The minimum atomic E-state index is -0.353. The van der Waals surface area contributed by atoms with Gasteiger partial charge in [-0.15, -0.1) is 0 Å². The first-order chi connectivity index (χ1) is 10.5. The molecule has 2 amide bonds. The van der Waals surface area contributed by atoms with E-state index in [9.17, 15) is 9.59 Å². The minimum absolute atomic E-state index is 0.0878. The molecule has 0 heterocycles. The number of hydrogen-bond donors (Lipinski definition) is 3. The molecule has 1 aromatic rings. The predicted octanol–water partition coefficient (Wildman–Crippen LogP) is 2.57. The summed E-state index contributed by atoms with van der Waals surface area (Å²) in [5.41, 5.74) is 6.35. The second kappa shape index (κ2) is 7.81. The molecule has 5 nitrogen and oxygen atoms in total. The van der Waals surface area contributed by atoms with Gasteiger partial charge in [0, 0.05) is 17.5 Å². The molecule has 0 spiro atoms. The number of benzene rings is 1. The van der Waals surface area contributed by atoms with Crippen molar-refractivity contribution in [3.63, 3.8) is 0 Å². The second-order valence-corrected chi connectivity index (χ2v) is 6.35. The van der Waals surface area contributed by atoms with E-state index in [-0.39, 0.29) is 30.3 Å². The molecule has 0 unspecified atom stereocenters. The molecular weight excluding hydrogens is 325 g/mol. The molecule has 1 aliphatic carbocycles. The molecule has 0 aromatic heterocycles. The quantitative estimate of drug-likeness (QED) is 0.768. The number of rotatable bonds is 5. The summed E-state index contributed by atoms with van der Waals surface area (Å²) in [4.78, 5) is 23.7. The summed E-state index contributed by atoms with van der Waals surface area (Å²) in [7, 11) is 0. The zero-order chi connectivity index (χ0) is 16.1. The first-order valence-electron chi connectivity index (χ1n) is 7.23. The highest BCUT2D eigenvalue weighted by molar-refractivity contribution is 6.35. The zero-order valence-electron chi connectivity index (χ0n) is 12.1. The Balaban J connectivity index is 1.77. The van der Waals surface area contributed by atoms with Crippen molar-refractivity contribution < 1.29 is 9.59 Å². The van der Waals surface area contributed by atoms with E-state index < -0.39 is 0 Å². The molecule has 120 valence electrons. The number of halogens is 2. The van der Waals surface area contributed by atoms with Gasteiger partial charge in [-0.05, 0) is 37.0 Å². The average molecular weight is 344 g/mol. The van der Waals surface area contributed by atoms with E-state index in [0.717, 1.165) is 19.3 Å². The van der Waals surface area contributed by atoms with E-state index in [1.165, 1.54) is 0 Å². The van der Waals surface area contributed by atoms with E-state index in [0.29, 0.717) is 22.2 Å². The largest absolute Gasteiger partial charge is 0.347 e. The van der Waals surface area contributed by atoms with Crippen molar-refractivity contribution in [1.29, 1.82) is 0 Å². The second-order valence-electron chi connectivity index (χ2n) is 5.51. The van der Waals surface area contributed by atoms with Crippen LogP contribution in [0.5, 0.6) is 0 Å². The van der Waals surface area contributed by atoms with Crippen LogP contribution >= 0.6 is 23.2 Å². The lowest BCUT2D eigenvalue weighted by Crippen LogP contribution is -2.36. The molecule has 2 rings (SSSR count). The van der Waals surface area contributed by atoms with Crippen LogP contribution in [0, 0.1) is 5.92 Å². The maximum absolute atomic E-state index is 11.8. The maximum Gasteiger partial charge on any atom is 0.243 e. The van der Waals surface area contributed by atoms with Crippen LogP contribution in [0.3, 0.4) is 0 Å². The van der Waals surface area contributed by atoms with Crippen LogP contribution < -0.4 is 16.4 Å². The van der Waals surface area contributed by atoms with Gasteiger partial charge >= 0.3 is 0 Å². The molecule has 1 fully saturated rings. The molecule has 0 saturated heterocycles. The summed E-state index contributed by atoms with van der Waals surface area (Å²) in [6.45, 7) is -0.108. The molecule has 4 N–H and O–H groups in total. The van der Waals surface area contributed by atoms with Gasteiger partial charge in [0.15, 0.2) is 0 Å². The van der Waals surface area contributed by atoms with Crippen LogP contribution in [0.1, 0.15) is 25.7 Å². The third-order valence-corrected chi connectivity index (χ3v) is 4.38. The monoisotopic (exact) mass is 343 g/mol. The van der Waals surface area contributed by atoms with Crippen molar-refractivity contribution in [2.75, 3.05) is 11.9 Å². The highest BCUT2D eigenvalue weighted by atomic mass is 35.5. The standard InChI is InChI=1S/C15H19Cl2N3O2/c16-10-4-5-11(17)13(7-10)20-15(22)8-19-14(21)6-9-2-1-3-12(9)18/h4-5,7,9,12H,1-3,6,8,18H2,(H,19,21)(H,20,22)/t9-,12+/m0/s1. The molecular formula is C15H19Cl2N3O2. The topological polar surface area (TPSA) is 84.2 Å². The van der Waals surface area contributed by atoms with Crippen LogP contribution in [0.25, 0.3) is 0 Å². The van der Waals surface area contributed by atoms with Crippen molar-refractivity contribution >= 4 is 40.7 Å². The zero-order valence-corrected chi connectivity index (χ0v) is 13.6. The van der Waals surface area contributed by atoms with Crippen molar-refractivity contribution in [2.24, 2.45) is 11.7 Å². The predicted molar refractivity (Wildman–Crippen MR) is 88.0 cm³/mol. The summed E-state index contributed by atoms with van der Waals surface area (Å²) < 4.78 is 0. The molecule has 2 atom stereocenters. The molecule has 0 bridgehead atoms. The Kier molecular flexibility index (Phi) is 6.06. The Labute approximate surface area is 139 Å². The molecule has 0 radical (unpaired) electrons. The smallest absolute Gasteiger partial charge is 0.243 e. The number of anilines is 1. The lowest BCUT2D eigenvalue weighted by molar-refractivity contribution is -0.124. The van der Waals surface area contributed by atoms with Crippen LogP contribution in [-0.4, -0.2) is 24.4 Å². The highest BCUT2D eigenvalue weighted by Crippen LogP contribution is 2.27. The average Bonchev–Trinajstić information content (AvgIpc) is 2.86. The van der Waals surface area contributed by atoms with Gasteiger partial charge in [-0.1, -0.05) is 29.6 Å². The van der Waals surface area contributed by atoms with E-state index in [2.05, 4.69) is 10.6 Å². The Hall–Kier alpha value is -1.30. The van der Waals surface area contributed by atoms with E-state index in [1.807, 2.05) is 0 Å². The van der Waals surface area contributed by atoms with Crippen molar-refractivity contribution in [3.8, 4) is 0 Å². The van der Waals surface area contributed by atoms with Gasteiger partial charge in [0.05, 0.1) is 17.3 Å². The van der Waals surface area contributed by atoms with Crippen molar-refractivity contribution in [3.05, 3.63) is 28.2 Å². The minimum Gasteiger partial charge on any atom is -0.347 e. The Morgan fingerprint density at radius 1 is 1.23 bits per heavy atom. The fraction of sp³-hybridized carbons (Fsp3) is 0.467. The third-order valence-electron chi connectivity index (χ3n) is 3.81. The Morgan fingerprint density at radius 2 is 2.00 bits per heavy atom. The van der Waals surface area contributed by atoms with Crippen molar-refractivity contribution in [2.45, 2.75) is 31.7 Å². The summed E-state index contributed by atoms with van der Waals surface area (Å²) in [5, 5.41) is 6.08. The fourth-order valence-corrected chi connectivity index (χ4v) is 2.93. The van der Waals surface area contributed by atoms with Gasteiger partial charge in [0.2, 0.25) is 11.8 Å². The van der Waals surface area contributed by atoms with Gasteiger partial charge in [-0.2, -0.15) is 0 Å². The molecule has 1 saturated carbocycles. The Morgan fingerprint density at radius 3 is 2.68 bits per heavy atom. The highest BCUT2D eigenvalue weighted by Gasteiger charge is 2.26. The lowest BCUT2D eigenvalue weighted by Gasteiger charge is -2.14. The van der Waals surface area contributed by atoms with Gasteiger partial charge in [0.1, 0.15) is 0 Å². The lowest BCUT2D eigenvalue weighted by atomic mass is 10.00. The SMILES string of the molecule is N[C@@H]1CCC[C@H]1CC(=O)NCC(=O)Nc1cc(Cl)ccc1Cl. The van der Waals surface area contributed by atoms with Crippen LogP contribution in [0.2, 0.25) is 10.0 Å². The number of carbonyl (C=O) groups is 2.